The van der Waals surface area contributed by atoms with Crippen LogP contribution >= 0.6 is 0 Å². The van der Waals surface area contributed by atoms with Gasteiger partial charge in [-0.3, -0.25) is 0 Å². The Bertz CT molecular complexity index is 526. The molecule has 0 amide bonds. The number of ether oxygens (including phenoxy) is 1. The van der Waals surface area contributed by atoms with Crippen molar-refractivity contribution >= 4 is 0 Å². The van der Waals surface area contributed by atoms with Gasteiger partial charge in [0.25, 0.3) is 0 Å². The molecule has 0 bridgehead atoms. The molecule has 0 fully saturated rings. The van der Waals surface area contributed by atoms with Gasteiger partial charge in [-0.15, -0.1) is 0 Å². The largest absolute Gasteiger partial charge is 0.489 e. The summed E-state index contributed by atoms with van der Waals surface area (Å²) in [7, 11) is 0. The van der Waals surface area contributed by atoms with Gasteiger partial charge in [0.1, 0.15) is 12.4 Å². The summed E-state index contributed by atoms with van der Waals surface area (Å²) in [6.07, 6.45) is 1.55. The van der Waals surface area contributed by atoms with Crippen LogP contribution in [-0.4, -0.2) is 11.7 Å². The first-order valence-corrected chi connectivity index (χ1v) is 6.93. The van der Waals surface area contributed by atoms with E-state index in [-0.39, 0.29) is 6.61 Å². The highest BCUT2D eigenvalue weighted by Gasteiger charge is 2.05. The molecule has 0 aliphatic carbocycles. The summed E-state index contributed by atoms with van der Waals surface area (Å²) in [5.74, 6) is 0.866. The van der Waals surface area contributed by atoms with E-state index in [1.807, 2.05) is 48.5 Å². The number of rotatable bonds is 7. The van der Waals surface area contributed by atoms with Crippen LogP contribution in [0.5, 0.6) is 5.75 Å². The number of hydrogen-bond acceptors (Lipinski definition) is 3. The van der Waals surface area contributed by atoms with Crippen LogP contribution in [0.2, 0.25) is 0 Å². The summed E-state index contributed by atoms with van der Waals surface area (Å²) in [6.45, 7) is 1.24. The molecule has 20 heavy (non-hydrogen) atoms. The topological polar surface area (TPSA) is 55.5 Å². The minimum absolute atomic E-state index is 0.191. The molecule has 3 N–H and O–H groups in total. The second kappa shape index (κ2) is 7.68. The van der Waals surface area contributed by atoms with E-state index in [9.17, 15) is 0 Å². The fourth-order valence-electron chi connectivity index (χ4n) is 2.07. The predicted molar refractivity (Wildman–Crippen MR) is 80.5 cm³/mol. The van der Waals surface area contributed by atoms with Crippen molar-refractivity contribution in [3.8, 4) is 5.75 Å². The first kappa shape index (κ1) is 14.6. The van der Waals surface area contributed by atoms with Gasteiger partial charge in [-0.2, -0.15) is 0 Å². The molecule has 0 aromatic heterocycles. The van der Waals surface area contributed by atoms with Crippen LogP contribution < -0.4 is 10.5 Å². The maximum Gasteiger partial charge on any atom is 0.123 e. The fourth-order valence-corrected chi connectivity index (χ4v) is 2.07. The Morgan fingerprint density at radius 1 is 1.00 bits per heavy atom. The number of benzene rings is 2. The molecule has 0 radical (unpaired) electrons. The van der Waals surface area contributed by atoms with E-state index in [2.05, 4.69) is 0 Å². The zero-order chi connectivity index (χ0) is 14.2. The van der Waals surface area contributed by atoms with Gasteiger partial charge in [0.15, 0.2) is 0 Å². The number of hydrogen-bond donors (Lipinski definition) is 2. The Balaban J connectivity index is 2.10. The molecule has 0 saturated carbocycles. The third-order valence-electron chi connectivity index (χ3n) is 3.21. The Hall–Kier alpha value is -1.84. The van der Waals surface area contributed by atoms with Crippen molar-refractivity contribution in [2.24, 2.45) is 5.73 Å². The molecule has 0 heterocycles. The molecule has 0 aliphatic heterocycles. The van der Waals surface area contributed by atoms with Crippen molar-refractivity contribution in [2.45, 2.75) is 26.0 Å². The molecule has 2 aromatic rings. The zero-order valence-corrected chi connectivity index (χ0v) is 11.6. The smallest absolute Gasteiger partial charge is 0.123 e. The molecule has 3 heteroatoms. The van der Waals surface area contributed by atoms with Crippen LogP contribution in [0.3, 0.4) is 0 Å². The highest BCUT2D eigenvalue weighted by atomic mass is 16.5. The lowest BCUT2D eigenvalue weighted by Crippen LogP contribution is -2.02. The zero-order valence-electron chi connectivity index (χ0n) is 11.6. The molecule has 106 valence electrons. The maximum absolute atomic E-state index is 8.97. The molecule has 0 atom stereocenters. The van der Waals surface area contributed by atoms with Gasteiger partial charge < -0.3 is 15.6 Å². The average Bonchev–Trinajstić information content (AvgIpc) is 2.52. The molecule has 2 rings (SSSR count). The van der Waals surface area contributed by atoms with Crippen molar-refractivity contribution in [1.82, 2.24) is 0 Å². The summed E-state index contributed by atoms with van der Waals surface area (Å²) < 4.78 is 5.93. The van der Waals surface area contributed by atoms with E-state index >= 15 is 0 Å². The maximum atomic E-state index is 8.97. The van der Waals surface area contributed by atoms with Crippen molar-refractivity contribution in [1.29, 1.82) is 0 Å². The third-order valence-corrected chi connectivity index (χ3v) is 3.21. The minimum atomic E-state index is 0.191. The summed E-state index contributed by atoms with van der Waals surface area (Å²) in [6, 6.07) is 16.1. The standard InChI is InChI=1S/C17H21NO2/c18-12-15-8-9-16(7-4-10-19)17(11-15)20-13-14-5-2-1-3-6-14/h1-3,5-6,8-9,11,19H,4,7,10,12-13,18H2. The van der Waals surface area contributed by atoms with Crippen molar-refractivity contribution in [3.05, 3.63) is 65.2 Å². The van der Waals surface area contributed by atoms with Crippen molar-refractivity contribution in [3.63, 3.8) is 0 Å². The van der Waals surface area contributed by atoms with Crippen LogP contribution in [0, 0.1) is 0 Å². The quantitative estimate of drug-likeness (QED) is 0.814. The Kier molecular flexibility index (Phi) is 5.59. The van der Waals surface area contributed by atoms with Gasteiger partial charge in [0.2, 0.25) is 0 Å². The first-order valence-electron chi connectivity index (χ1n) is 6.93. The van der Waals surface area contributed by atoms with E-state index in [4.69, 9.17) is 15.6 Å². The van der Waals surface area contributed by atoms with Crippen LogP contribution in [-0.2, 0) is 19.6 Å². The van der Waals surface area contributed by atoms with Gasteiger partial charge >= 0.3 is 0 Å². The third kappa shape index (κ3) is 4.08. The molecule has 0 saturated heterocycles. The van der Waals surface area contributed by atoms with E-state index in [0.717, 1.165) is 35.3 Å². The van der Waals surface area contributed by atoms with Gasteiger partial charge in [-0.25, -0.2) is 0 Å². The normalized spacial score (nSPS) is 10.5. The predicted octanol–water partition coefficient (Wildman–Crippen LogP) is 2.65. The number of aryl methyl sites for hydroxylation is 1. The lowest BCUT2D eigenvalue weighted by molar-refractivity contribution is 0.283. The molecule has 0 unspecified atom stereocenters. The van der Waals surface area contributed by atoms with E-state index in [0.29, 0.717) is 13.2 Å². The van der Waals surface area contributed by atoms with Gasteiger partial charge in [-0.05, 0) is 35.6 Å². The van der Waals surface area contributed by atoms with Gasteiger partial charge in [0.05, 0.1) is 0 Å². The number of nitrogens with two attached hydrogens (primary N) is 1. The van der Waals surface area contributed by atoms with Gasteiger partial charge in [0, 0.05) is 13.2 Å². The Labute approximate surface area is 120 Å². The monoisotopic (exact) mass is 271 g/mol. The van der Waals surface area contributed by atoms with Crippen LogP contribution in [0.15, 0.2) is 48.5 Å². The molecular weight excluding hydrogens is 250 g/mol. The number of aliphatic hydroxyl groups is 1. The van der Waals surface area contributed by atoms with Crippen LogP contribution in [0.25, 0.3) is 0 Å². The minimum Gasteiger partial charge on any atom is -0.489 e. The summed E-state index contributed by atoms with van der Waals surface area (Å²) >= 11 is 0. The van der Waals surface area contributed by atoms with E-state index < -0.39 is 0 Å². The van der Waals surface area contributed by atoms with E-state index in [1.165, 1.54) is 0 Å². The van der Waals surface area contributed by atoms with Crippen LogP contribution in [0.1, 0.15) is 23.1 Å². The van der Waals surface area contributed by atoms with Gasteiger partial charge in [-0.1, -0.05) is 42.5 Å². The molecular formula is C17H21NO2. The Morgan fingerprint density at radius 2 is 1.80 bits per heavy atom. The van der Waals surface area contributed by atoms with Crippen molar-refractivity contribution < 1.29 is 9.84 Å². The molecule has 3 nitrogen and oxygen atoms in total. The Morgan fingerprint density at radius 3 is 2.50 bits per heavy atom. The highest BCUT2D eigenvalue weighted by Crippen LogP contribution is 2.23. The lowest BCUT2D eigenvalue weighted by Gasteiger charge is -2.13. The van der Waals surface area contributed by atoms with E-state index in [1.54, 1.807) is 0 Å². The average molecular weight is 271 g/mol. The second-order valence-electron chi connectivity index (χ2n) is 4.75. The number of aliphatic hydroxyl groups excluding tert-OH is 1. The second-order valence-corrected chi connectivity index (χ2v) is 4.75. The fraction of sp³-hybridized carbons (Fsp3) is 0.294. The van der Waals surface area contributed by atoms with Crippen LogP contribution in [0.4, 0.5) is 0 Å². The summed E-state index contributed by atoms with van der Waals surface area (Å²) in [4.78, 5) is 0. The summed E-state index contributed by atoms with van der Waals surface area (Å²) in [5, 5.41) is 8.97. The lowest BCUT2D eigenvalue weighted by atomic mass is 10.1. The molecule has 2 aromatic carbocycles. The first-order chi connectivity index (χ1) is 9.83. The molecule has 0 aliphatic rings. The summed E-state index contributed by atoms with van der Waals surface area (Å²) in [5.41, 5.74) is 8.99. The highest BCUT2D eigenvalue weighted by molar-refractivity contribution is 5.38. The van der Waals surface area contributed by atoms with Crippen molar-refractivity contribution in [2.75, 3.05) is 6.61 Å². The molecule has 0 spiro atoms. The SMILES string of the molecule is NCc1ccc(CCCO)c(OCc2ccccc2)c1.